The van der Waals surface area contributed by atoms with Crippen molar-refractivity contribution in [2.75, 3.05) is 11.9 Å². The molecule has 0 saturated heterocycles. The van der Waals surface area contributed by atoms with Gasteiger partial charge in [-0.2, -0.15) is 0 Å². The van der Waals surface area contributed by atoms with Crippen LogP contribution in [0.4, 0.5) is 5.69 Å². The Bertz CT molecular complexity index is 378. The molecule has 1 aromatic carbocycles. The summed E-state index contributed by atoms with van der Waals surface area (Å²) in [5, 5.41) is 2.85. The first-order chi connectivity index (χ1) is 6.70. The molecule has 1 aliphatic heterocycles. The molecule has 1 heterocycles. The highest BCUT2D eigenvalue weighted by molar-refractivity contribution is 9.10. The van der Waals surface area contributed by atoms with Gasteiger partial charge in [0, 0.05) is 16.7 Å². The van der Waals surface area contributed by atoms with Gasteiger partial charge in [-0.3, -0.25) is 4.79 Å². The van der Waals surface area contributed by atoms with E-state index in [0.717, 1.165) is 22.1 Å². The van der Waals surface area contributed by atoms with Crippen LogP contribution in [0, 0.1) is 5.92 Å². The fourth-order valence-electron chi connectivity index (χ4n) is 1.63. The first kappa shape index (κ1) is 9.68. The summed E-state index contributed by atoms with van der Waals surface area (Å²) in [6.45, 7) is 0.404. The minimum atomic E-state index is -0.0799. The van der Waals surface area contributed by atoms with E-state index < -0.39 is 0 Å². The van der Waals surface area contributed by atoms with Crippen LogP contribution in [0.1, 0.15) is 5.56 Å². The van der Waals surface area contributed by atoms with Gasteiger partial charge in [-0.15, -0.1) is 0 Å². The molecule has 0 aliphatic carbocycles. The standard InChI is InChI=1S/C10H11BrN2O/c11-8-2-1-6-3-7(5-12)10(14)13-9(6)4-8/h1-2,4,7H,3,5,12H2,(H,13,14). The number of hydrogen-bond acceptors (Lipinski definition) is 2. The number of carbonyl (C=O) groups excluding carboxylic acids is 1. The van der Waals surface area contributed by atoms with E-state index in [1.807, 2.05) is 18.2 Å². The van der Waals surface area contributed by atoms with Crippen molar-refractivity contribution >= 4 is 27.5 Å². The Morgan fingerprint density at radius 3 is 3.07 bits per heavy atom. The summed E-state index contributed by atoms with van der Waals surface area (Å²) in [6.07, 6.45) is 0.741. The van der Waals surface area contributed by atoms with Crippen molar-refractivity contribution in [1.29, 1.82) is 0 Å². The number of amides is 1. The maximum Gasteiger partial charge on any atom is 0.229 e. The van der Waals surface area contributed by atoms with Crippen molar-refractivity contribution in [2.24, 2.45) is 11.7 Å². The Balaban J connectivity index is 2.35. The van der Waals surface area contributed by atoms with E-state index in [1.165, 1.54) is 0 Å². The second-order valence-corrected chi connectivity index (χ2v) is 4.34. The summed E-state index contributed by atoms with van der Waals surface area (Å²) in [6, 6.07) is 5.91. The molecule has 1 atom stereocenters. The third kappa shape index (κ3) is 1.67. The number of hydrogen-bond donors (Lipinski definition) is 2. The van der Waals surface area contributed by atoms with Gasteiger partial charge in [0.1, 0.15) is 0 Å². The number of halogens is 1. The molecule has 1 amide bonds. The van der Waals surface area contributed by atoms with Crippen LogP contribution >= 0.6 is 15.9 Å². The smallest absolute Gasteiger partial charge is 0.229 e. The van der Waals surface area contributed by atoms with Crippen LogP contribution in [0.25, 0.3) is 0 Å². The molecule has 1 aliphatic rings. The molecule has 0 aromatic heterocycles. The lowest BCUT2D eigenvalue weighted by Crippen LogP contribution is -2.34. The van der Waals surface area contributed by atoms with E-state index in [0.29, 0.717) is 6.54 Å². The number of rotatable bonds is 1. The van der Waals surface area contributed by atoms with Crippen molar-refractivity contribution in [3.63, 3.8) is 0 Å². The topological polar surface area (TPSA) is 55.1 Å². The van der Waals surface area contributed by atoms with E-state index in [4.69, 9.17) is 5.73 Å². The van der Waals surface area contributed by atoms with Crippen LogP contribution in [0.2, 0.25) is 0 Å². The van der Waals surface area contributed by atoms with E-state index in [9.17, 15) is 4.79 Å². The van der Waals surface area contributed by atoms with E-state index in [1.54, 1.807) is 0 Å². The van der Waals surface area contributed by atoms with Gasteiger partial charge in [0.15, 0.2) is 0 Å². The van der Waals surface area contributed by atoms with Gasteiger partial charge in [-0.25, -0.2) is 0 Å². The zero-order valence-corrected chi connectivity index (χ0v) is 9.17. The lowest BCUT2D eigenvalue weighted by molar-refractivity contribution is -0.119. The quantitative estimate of drug-likeness (QED) is 0.799. The highest BCUT2D eigenvalue weighted by Gasteiger charge is 2.24. The van der Waals surface area contributed by atoms with Gasteiger partial charge in [0.05, 0.1) is 5.92 Å². The normalized spacial score (nSPS) is 20.1. The predicted octanol–water partition coefficient (Wildman–Crippen LogP) is 1.52. The summed E-state index contributed by atoms with van der Waals surface area (Å²) in [7, 11) is 0. The molecule has 2 rings (SSSR count). The average Bonchev–Trinajstić information content (AvgIpc) is 2.16. The molecule has 3 N–H and O–H groups in total. The molecule has 0 radical (unpaired) electrons. The van der Waals surface area contributed by atoms with Crippen LogP contribution in [0.3, 0.4) is 0 Å². The summed E-state index contributed by atoms with van der Waals surface area (Å²) in [5.41, 5.74) is 7.56. The summed E-state index contributed by atoms with van der Waals surface area (Å²) >= 11 is 3.37. The molecule has 0 spiro atoms. The van der Waals surface area contributed by atoms with Crippen LogP contribution in [0.15, 0.2) is 22.7 Å². The second kappa shape index (κ2) is 3.71. The third-order valence-electron chi connectivity index (χ3n) is 2.45. The lowest BCUT2D eigenvalue weighted by atomic mass is 9.93. The molecule has 1 unspecified atom stereocenters. The number of carbonyl (C=O) groups is 1. The molecule has 1 aromatic rings. The fraction of sp³-hybridized carbons (Fsp3) is 0.300. The van der Waals surface area contributed by atoms with Gasteiger partial charge in [0.25, 0.3) is 0 Å². The first-order valence-corrected chi connectivity index (χ1v) is 5.29. The van der Waals surface area contributed by atoms with Gasteiger partial charge in [0.2, 0.25) is 5.91 Å². The average molecular weight is 255 g/mol. The highest BCUT2D eigenvalue weighted by atomic mass is 79.9. The van der Waals surface area contributed by atoms with Crippen LogP contribution in [-0.4, -0.2) is 12.5 Å². The Labute approximate surface area is 90.8 Å². The minimum Gasteiger partial charge on any atom is -0.330 e. The largest absolute Gasteiger partial charge is 0.330 e. The molecular formula is C10H11BrN2O. The van der Waals surface area contributed by atoms with Crippen molar-refractivity contribution in [3.8, 4) is 0 Å². The number of nitrogens with two attached hydrogens (primary N) is 1. The second-order valence-electron chi connectivity index (χ2n) is 3.43. The maximum atomic E-state index is 11.5. The van der Waals surface area contributed by atoms with E-state index >= 15 is 0 Å². The van der Waals surface area contributed by atoms with Crippen LogP contribution in [0.5, 0.6) is 0 Å². The molecule has 74 valence electrons. The Morgan fingerprint density at radius 1 is 1.57 bits per heavy atom. The number of anilines is 1. The molecule has 0 fully saturated rings. The first-order valence-electron chi connectivity index (χ1n) is 4.50. The van der Waals surface area contributed by atoms with Crippen molar-refractivity contribution in [3.05, 3.63) is 28.2 Å². The number of fused-ring (bicyclic) bond motifs is 1. The van der Waals surface area contributed by atoms with Gasteiger partial charge < -0.3 is 11.1 Å². The SMILES string of the molecule is NCC1Cc2ccc(Br)cc2NC1=O. The van der Waals surface area contributed by atoms with E-state index in [2.05, 4.69) is 21.2 Å². The van der Waals surface area contributed by atoms with Gasteiger partial charge in [-0.1, -0.05) is 22.0 Å². The van der Waals surface area contributed by atoms with Gasteiger partial charge in [-0.05, 0) is 24.1 Å². The molecular weight excluding hydrogens is 244 g/mol. The van der Waals surface area contributed by atoms with Crippen molar-refractivity contribution in [1.82, 2.24) is 0 Å². The number of benzene rings is 1. The third-order valence-corrected chi connectivity index (χ3v) is 2.94. The highest BCUT2D eigenvalue weighted by Crippen LogP contribution is 2.27. The molecule has 0 saturated carbocycles. The van der Waals surface area contributed by atoms with Crippen molar-refractivity contribution in [2.45, 2.75) is 6.42 Å². The summed E-state index contributed by atoms with van der Waals surface area (Å²) < 4.78 is 0.975. The van der Waals surface area contributed by atoms with Gasteiger partial charge >= 0.3 is 0 Å². The van der Waals surface area contributed by atoms with Crippen LogP contribution < -0.4 is 11.1 Å². The Hall–Kier alpha value is -0.870. The lowest BCUT2D eigenvalue weighted by Gasteiger charge is -2.23. The van der Waals surface area contributed by atoms with Crippen molar-refractivity contribution < 1.29 is 4.79 Å². The molecule has 0 bridgehead atoms. The van der Waals surface area contributed by atoms with E-state index in [-0.39, 0.29) is 11.8 Å². The maximum absolute atomic E-state index is 11.5. The molecule has 14 heavy (non-hydrogen) atoms. The Kier molecular flexibility index (Phi) is 2.56. The monoisotopic (exact) mass is 254 g/mol. The molecule has 3 nitrogen and oxygen atoms in total. The van der Waals surface area contributed by atoms with Crippen LogP contribution in [-0.2, 0) is 11.2 Å². The Morgan fingerprint density at radius 2 is 2.36 bits per heavy atom. The fourth-order valence-corrected chi connectivity index (χ4v) is 1.99. The zero-order valence-electron chi connectivity index (χ0n) is 7.59. The molecule has 4 heteroatoms. The predicted molar refractivity (Wildman–Crippen MR) is 59.0 cm³/mol. The summed E-state index contributed by atoms with van der Waals surface area (Å²) in [5.74, 6) is -0.0539. The zero-order chi connectivity index (χ0) is 10.1. The minimum absolute atomic E-state index is 0.0260. The summed E-state index contributed by atoms with van der Waals surface area (Å²) in [4.78, 5) is 11.5. The number of nitrogens with one attached hydrogen (secondary N) is 1.